The van der Waals surface area contributed by atoms with E-state index in [1.807, 2.05) is 24.5 Å². The first-order chi connectivity index (χ1) is 9.56. The molecule has 0 bridgehead atoms. The van der Waals surface area contributed by atoms with Gasteiger partial charge in [-0.05, 0) is 42.7 Å². The normalized spacial score (nSPS) is 10.8. The summed E-state index contributed by atoms with van der Waals surface area (Å²) >= 11 is 1.58. The summed E-state index contributed by atoms with van der Waals surface area (Å²) in [6, 6.07) is 15.0. The molecule has 0 saturated carbocycles. The smallest absolute Gasteiger partial charge is 0.263 e. The number of nitrogens with zero attached hydrogens (tertiary/aromatic N) is 1. The maximum absolute atomic E-state index is 12.3. The average molecular weight is 304 g/mol. The zero-order valence-corrected chi connectivity index (χ0v) is 12.3. The molecule has 0 atom stereocenters. The first-order valence-electron chi connectivity index (χ1n) is 5.73. The van der Waals surface area contributed by atoms with Crippen LogP contribution >= 0.6 is 11.8 Å². The number of hydrogen-bond acceptors (Lipinski definition) is 4. The predicted molar refractivity (Wildman–Crippen MR) is 80.2 cm³/mol. The Morgan fingerprint density at radius 1 is 1.10 bits per heavy atom. The Morgan fingerprint density at radius 3 is 2.35 bits per heavy atom. The van der Waals surface area contributed by atoms with Gasteiger partial charge >= 0.3 is 0 Å². The minimum absolute atomic E-state index is 0.0172. The molecule has 1 N–H and O–H groups in total. The first-order valence-corrected chi connectivity index (χ1v) is 8.43. The van der Waals surface area contributed by atoms with E-state index in [9.17, 15) is 8.42 Å². The van der Waals surface area contributed by atoms with Crippen LogP contribution in [0.4, 0.5) is 5.69 Å². The summed E-state index contributed by atoms with van der Waals surface area (Å²) in [6.07, 6.45) is 1.95. The van der Waals surface area contributed by atoms with Crippen LogP contribution in [0.15, 0.2) is 58.3 Å². The van der Waals surface area contributed by atoms with Gasteiger partial charge in [0.15, 0.2) is 0 Å². The third kappa shape index (κ3) is 3.13. The van der Waals surface area contributed by atoms with Crippen LogP contribution in [0.5, 0.6) is 0 Å². The fourth-order valence-electron chi connectivity index (χ4n) is 1.66. The van der Waals surface area contributed by atoms with E-state index in [4.69, 9.17) is 5.26 Å². The Balaban J connectivity index is 2.33. The number of benzene rings is 2. The Bertz CT molecular complexity index is 747. The van der Waals surface area contributed by atoms with Gasteiger partial charge in [0.05, 0.1) is 5.56 Å². The fraction of sp³-hybridized carbons (Fsp3) is 0.0714. The second-order valence-corrected chi connectivity index (χ2v) is 6.47. The molecule has 2 rings (SSSR count). The fourth-order valence-corrected chi connectivity index (χ4v) is 3.29. The van der Waals surface area contributed by atoms with Gasteiger partial charge < -0.3 is 0 Å². The molecule has 0 aromatic heterocycles. The number of rotatable bonds is 4. The molecule has 20 heavy (non-hydrogen) atoms. The lowest BCUT2D eigenvalue weighted by atomic mass is 10.2. The number of hydrogen-bond donors (Lipinski definition) is 1. The van der Waals surface area contributed by atoms with E-state index in [0.29, 0.717) is 5.69 Å². The molecule has 0 heterocycles. The van der Waals surface area contributed by atoms with E-state index < -0.39 is 10.0 Å². The molecule has 0 radical (unpaired) electrons. The summed E-state index contributed by atoms with van der Waals surface area (Å²) in [5.74, 6) is 0. The lowest BCUT2D eigenvalue weighted by Crippen LogP contribution is -2.14. The maximum atomic E-state index is 12.3. The van der Waals surface area contributed by atoms with Crippen LogP contribution in [0.1, 0.15) is 5.56 Å². The SMILES string of the molecule is CSc1ccc(NS(=O)(=O)c2ccccc2C#N)cc1. The molecular weight excluding hydrogens is 292 g/mol. The van der Waals surface area contributed by atoms with Crippen LogP contribution < -0.4 is 4.72 Å². The Hall–Kier alpha value is -1.97. The predicted octanol–water partition coefficient (Wildman–Crippen LogP) is 3.08. The highest BCUT2D eigenvalue weighted by Crippen LogP contribution is 2.21. The molecule has 0 aliphatic rings. The average Bonchev–Trinajstić information content (AvgIpc) is 2.47. The zero-order chi connectivity index (χ0) is 14.6. The summed E-state index contributed by atoms with van der Waals surface area (Å²) < 4.78 is 27.0. The lowest BCUT2D eigenvalue weighted by Gasteiger charge is -2.09. The van der Waals surface area contributed by atoms with Crippen LogP contribution in [0, 0.1) is 11.3 Å². The molecule has 4 nitrogen and oxygen atoms in total. The van der Waals surface area contributed by atoms with E-state index in [0.717, 1.165) is 4.90 Å². The molecule has 2 aromatic rings. The molecule has 0 unspecified atom stereocenters. The molecule has 0 saturated heterocycles. The second-order valence-electron chi connectivity index (χ2n) is 3.94. The van der Waals surface area contributed by atoms with Crippen LogP contribution in [-0.4, -0.2) is 14.7 Å². The summed E-state index contributed by atoms with van der Waals surface area (Å²) in [7, 11) is -3.75. The van der Waals surface area contributed by atoms with Crippen molar-refractivity contribution in [1.82, 2.24) is 0 Å². The quantitative estimate of drug-likeness (QED) is 0.881. The second kappa shape index (κ2) is 5.99. The van der Waals surface area contributed by atoms with E-state index in [-0.39, 0.29) is 10.5 Å². The van der Waals surface area contributed by atoms with Crippen molar-refractivity contribution in [2.24, 2.45) is 0 Å². The molecule has 0 fully saturated rings. The van der Waals surface area contributed by atoms with Gasteiger partial charge in [0, 0.05) is 10.6 Å². The molecule has 2 aromatic carbocycles. The largest absolute Gasteiger partial charge is 0.280 e. The molecule has 0 spiro atoms. The first kappa shape index (κ1) is 14.4. The third-order valence-corrected chi connectivity index (χ3v) is 4.82. The van der Waals surface area contributed by atoms with Gasteiger partial charge in [0.25, 0.3) is 10.0 Å². The summed E-state index contributed by atoms with van der Waals surface area (Å²) in [6.45, 7) is 0. The van der Waals surface area contributed by atoms with E-state index in [1.54, 1.807) is 36.0 Å². The number of sulfonamides is 1. The van der Waals surface area contributed by atoms with Crippen molar-refractivity contribution in [3.63, 3.8) is 0 Å². The Labute approximate surface area is 122 Å². The zero-order valence-electron chi connectivity index (χ0n) is 10.7. The van der Waals surface area contributed by atoms with Gasteiger partial charge in [-0.15, -0.1) is 11.8 Å². The molecule has 6 heteroatoms. The van der Waals surface area contributed by atoms with Crippen molar-refractivity contribution in [2.75, 3.05) is 11.0 Å². The van der Waals surface area contributed by atoms with Crippen molar-refractivity contribution in [3.8, 4) is 6.07 Å². The molecule has 0 aliphatic carbocycles. The van der Waals surface area contributed by atoms with Crippen LogP contribution in [0.3, 0.4) is 0 Å². The van der Waals surface area contributed by atoms with Gasteiger partial charge in [-0.1, -0.05) is 12.1 Å². The highest BCUT2D eigenvalue weighted by molar-refractivity contribution is 7.98. The third-order valence-electron chi connectivity index (χ3n) is 2.64. The van der Waals surface area contributed by atoms with Crippen molar-refractivity contribution >= 4 is 27.5 Å². The minimum atomic E-state index is -3.75. The number of anilines is 1. The van der Waals surface area contributed by atoms with Gasteiger partial charge in [-0.3, -0.25) is 4.72 Å². The number of thioether (sulfide) groups is 1. The standard InChI is InChI=1S/C14H12N2O2S2/c1-19-13-8-6-12(7-9-13)16-20(17,18)14-5-3-2-4-11(14)10-15/h2-9,16H,1H3. The van der Waals surface area contributed by atoms with Crippen molar-refractivity contribution < 1.29 is 8.42 Å². The van der Waals surface area contributed by atoms with E-state index in [1.165, 1.54) is 12.1 Å². The number of nitrogens with one attached hydrogen (secondary N) is 1. The number of nitriles is 1. The van der Waals surface area contributed by atoms with Crippen molar-refractivity contribution in [1.29, 1.82) is 5.26 Å². The van der Waals surface area contributed by atoms with Gasteiger partial charge in [0.1, 0.15) is 11.0 Å². The monoisotopic (exact) mass is 304 g/mol. The topological polar surface area (TPSA) is 70.0 Å². The molecule has 0 amide bonds. The van der Waals surface area contributed by atoms with Crippen molar-refractivity contribution in [3.05, 3.63) is 54.1 Å². The summed E-state index contributed by atoms with van der Waals surface area (Å²) in [5, 5.41) is 8.97. The Kier molecular flexibility index (Phi) is 4.32. The van der Waals surface area contributed by atoms with Gasteiger partial charge in [0.2, 0.25) is 0 Å². The van der Waals surface area contributed by atoms with Gasteiger partial charge in [-0.25, -0.2) is 8.42 Å². The van der Waals surface area contributed by atoms with Crippen LogP contribution in [0.2, 0.25) is 0 Å². The lowest BCUT2D eigenvalue weighted by molar-refractivity contribution is 0.601. The highest BCUT2D eigenvalue weighted by atomic mass is 32.2. The van der Waals surface area contributed by atoms with E-state index >= 15 is 0 Å². The summed E-state index contributed by atoms with van der Waals surface area (Å²) in [5.41, 5.74) is 0.594. The Morgan fingerprint density at radius 2 is 1.75 bits per heavy atom. The summed E-state index contributed by atoms with van der Waals surface area (Å²) in [4.78, 5) is 1.03. The van der Waals surface area contributed by atoms with E-state index in [2.05, 4.69) is 4.72 Å². The molecular formula is C14H12N2O2S2. The minimum Gasteiger partial charge on any atom is -0.280 e. The van der Waals surface area contributed by atoms with Crippen molar-refractivity contribution in [2.45, 2.75) is 9.79 Å². The van der Waals surface area contributed by atoms with Crippen LogP contribution in [-0.2, 0) is 10.0 Å². The highest BCUT2D eigenvalue weighted by Gasteiger charge is 2.18. The maximum Gasteiger partial charge on any atom is 0.263 e. The van der Waals surface area contributed by atoms with Gasteiger partial charge in [-0.2, -0.15) is 5.26 Å². The molecule has 0 aliphatic heterocycles. The molecule has 102 valence electrons. The van der Waals surface area contributed by atoms with Crippen LogP contribution in [0.25, 0.3) is 0 Å².